The summed E-state index contributed by atoms with van der Waals surface area (Å²) in [6.45, 7) is 5.63. The number of benzene rings is 1. The number of amides is 1. The van der Waals surface area contributed by atoms with Crippen molar-refractivity contribution in [3.63, 3.8) is 0 Å². The minimum Gasteiger partial charge on any atom is -0.377 e. The van der Waals surface area contributed by atoms with Crippen LogP contribution >= 0.6 is 11.6 Å². The first-order valence-electron chi connectivity index (χ1n) is 7.48. The molecule has 0 aliphatic heterocycles. The van der Waals surface area contributed by atoms with Gasteiger partial charge in [-0.15, -0.1) is 0 Å². The summed E-state index contributed by atoms with van der Waals surface area (Å²) in [5, 5.41) is 4.89. The summed E-state index contributed by atoms with van der Waals surface area (Å²) in [4.78, 5) is 16.9. The minimum absolute atomic E-state index is 0. The summed E-state index contributed by atoms with van der Waals surface area (Å²) < 4.78 is 40.2. The fraction of sp³-hybridized carbons (Fsp3) is 0.438. The number of carbonyl (C=O) groups excluding carboxylic acids is 1. The molecule has 5 nitrogen and oxygen atoms in total. The maximum atomic E-state index is 14.4. The lowest BCUT2D eigenvalue weighted by Crippen LogP contribution is -2.30. The van der Waals surface area contributed by atoms with Crippen LogP contribution in [0.4, 0.5) is 18.9 Å². The van der Waals surface area contributed by atoms with Crippen LogP contribution in [-0.4, -0.2) is 31.5 Å². The van der Waals surface area contributed by atoms with Crippen LogP contribution in [0.2, 0.25) is 5.02 Å². The Balaban J connectivity index is -0.00000208. The largest absolute Gasteiger partial charge is 0.377 e. The van der Waals surface area contributed by atoms with E-state index in [1.54, 1.807) is 6.92 Å². The Hall–Kier alpha value is -1.93. The molecule has 146 valence electrons. The molecule has 0 aromatic heterocycles. The molecule has 1 amide bonds. The van der Waals surface area contributed by atoms with Gasteiger partial charge in [-0.2, -0.15) is 0 Å². The smallest absolute Gasteiger partial charge is 0.262 e. The molecule has 9 heteroatoms. The molecule has 0 heterocycles. The molecule has 0 unspecified atom stereocenters. The summed E-state index contributed by atoms with van der Waals surface area (Å²) in [7, 11) is 0. The van der Waals surface area contributed by atoms with Gasteiger partial charge in [0.2, 0.25) is 5.91 Å². The molecule has 0 aliphatic rings. The van der Waals surface area contributed by atoms with Gasteiger partial charge in [0.1, 0.15) is 0 Å². The number of rotatable bonds is 10. The number of carbonyl (C=O) groups is 1. The van der Waals surface area contributed by atoms with Crippen molar-refractivity contribution < 1.29 is 27.1 Å². The van der Waals surface area contributed by atoms with Crippen LogP contribution < -0.4 is 16.1 Å². The second-order valence-electron chi connectivity index (χ2n) is 5.57. The number of hydrogen-bond acceptors (Lipinski definition) is 4. The van der Waals surface area contributed by atoms with Crippen LogP contribution in [0.5, 0.6) is 0 Å². The molecule has 0 bridgehead atoms. The molecule has 0 atom stereocenters. The number of alkyl halides is 2. The SMILES string of the molecule is C=C(C)NOCCNC(=O)Cc1c(Cl)ccc(NCC(C)(F)F)c1F.[HH].[HH].[HH]. The fourth-order valence-corrected chi connectivity index (χ4v) is 2.00. The van der Waals surface area contributed by atoms with E-state index in [1.165, 1.54) is 12.1 Å². The summed E-state index contributed by atoms with van der Waals surface area (Å²) in [6, 6.07) is 2.60. The van der Waals surface area contributed by atoms with Gasteiger partial charge in [0.25, 0.3) is 5.92 Å². The predicted octanol–water partition coefficient (Wildman–Crippen LogP) is 4.00. The third-order valence-electron chi connectivity index (χ3n) is 2.89. The highest BCUT2D eigenvalue weighted by Gasteiger charge is 2.22. The number of anilines is 1. The Morgan fingerprint density at radius 3 is 2.72 bits per heavy atom. The van der Waals surface area contributed by atoms with Gasteiger partial charge in [-0.05, 0) is 19.1 Å². The van der Waals surface area contributed by atoms with Crippen LogP contribution in [-0.2, 0) is 16.1 Å². The molecular formula is C16H27ClF3N3O2. The summed E-state index contributed by atoms with van der Waals surface area (Å²) in [6.07, 6.45) is -0.323. The number of allylic oxidation sites excluding steroid dienone is 1. The van der Waals surface area contributed by atoms with Gasteiger partial charge < -0.3 is 10.6 Å². The zero-order chi connectivity index (χ0) is 19.0. The number of halogens is 4. The molecule has 3 N–H and O–H groups in total. The van der Waals surface area contributed by atoms with Gasteiger partial charge >= 0.3 is 0 Å². The van der Waals surface area contributed by atoms with E-state index in [9.17, 15) is 18.0 Å². The average molecular weight is 386 g/mol. The molecule has 0 radical (unpaired) electrons. The third-order valence-corrected chi connectivity index (χ3v) is 3.24. The van der Waals surface area contributed by atoms with E-state index >= 15 is 0 Å². The maximum absolute atomic E-state index is 14.4. The first-order valence-corrected chi connectivity index (χ1v) is 7.86. The predicted molar refractivity (Wildman–Crippen MR) is 97.5 cm³/mol. The average Bonchev–Trinajstić information content (AvgIpc) is 2.49. The second-order valence-corrected chi connectivity index (χ2v) is 5.98. The number of hydroxylamine groups is 1. The van der Waals surface area contributed by atoms with Crippen LogP contribution in [0.1, 0.15) is 23.7 Å². The molecule has 1 aromatic rings. The van der Waals surface area contributed by atoms with Gasteiger partial charge in [0, 0.05) is 34.0 Å². The Bertz CT molecular complexity index is 635. The Kier molecular flexibility index (Phi) is 8.05. The van der Waals surface area contributed by atoms with Crippen molar-refractivity contribution >= 4 is 23.2 Å². The van der Waals surface area contributed by atoms with Crippen LogP contribution in [0.15, 0.2) is 24.4 Å². The third kappa shape index (κ3) is 8.13. The van der Waals surface area contributed by atoms with Gasteiger partial charge in [0.05, 0.1) is 25.3 Å². The van der Waals surface area contributed by atoms with E-state index in [-0.39, 0.29) is 40.1 Å². The normalized spacial score (nSPS) is 11.1. The van der Waals surface area contributed by atoms with E-state index in [0.717, 1.165) is 0 Å². The van der Waals surface area contributed by atoms with Gasteiger partial charge in [-0.25, -0.2) is 13.2 Å². The molecule has 1 rings (SSSR count). The fourth-order valence-electron chi connectivity index (χ4n) is 1.79. The maximum Gasteiger partial charge on any atom is 0.262 e. The number of nitrogens with one attached hydrogen (secondary N) is 3. The summed E-state index contributed by atoms with van der Waals surface area (Å²) in [5.41, 5.74) is 2.94. The lowest BCUT2D eigenvalue weighted by atomic mass is 10.1. The molecule has 0 spiro atoms. The molecule has 0 aliphatic carbocycles. The lowest BCUT2D eigenvalue weighted by molar-refractivity contribution is -0.120. The van der Waals surface area contributed by atoms with E-state index in [0.29, 0.717) is 12.6 Å². The van der Waals surface area contributed by atoms with Crippen molar-refractivity contribution in [2.75, 3.05) is 25.0 Å². The van der Waals surface area contributed by atoms with Crippen molar-refractivity contribution in [2.24, 2.45) is 0 Å². The van der Waals surface area contributed by atoms with Gasteiger partial charge in [0.15, 0.2) is 5.82 Å². The van der Waals surface area contributed by atoms with Crippen molar-refractivity contribution in [2.45, 2.75) is 26.2 Å². The lowest BCUT2D eigenvalue weighted by Gasteiger charge is -2.15. The standard InChI is InChI=1S/C16H21ClF3N3O2.3H2/c1-10(2)23-25-7-6-21-14(24)8-11-12(17)4-5-13(15(11)18)22-9-16(3,19)20;;;/h4-5,22-23H,1,6-9H2,2-3H3,(H,21,24);3*1H. The highest BCUT2D eigenvalue weighted by Crippen LogP contribution is 2.27. The Morgan fingerprint density at radius 1 is 1.44 bits per heavy atom. The number of hydrogen-bond donors (Lipinski definition) is 3. The molecular weight excluding hydrogens is 359 g/mol. The van der Waals surface area contributed by atoms with Gasteiger partial charge in [-0.1, -0.05) is 18.2 Å². The second kappa shape index (κ2) is 9.53. The van der Waals surface area contributed by atoms with Crippen LogP contribution in [0.25, 0.3) is 0 Å². The zero-order valence-corrected chi connectivity index (χ0v) is 14.8. The monoisotopic (exact) mass is 385 g/mol. The molecule has 0 fully saturated rings. The Morgan fingerprint density at radius 2 is 2.12 bits per heavy atom. The first kappa shape index (κ1) is 21.1. The van der Waals surface area contributed by atoms with E-state index in [2.05, 4.69) is 22.7 Å². The van der Waals surface area contributed by atoms with E-state index in [4.69, 9.17) is 16.4 Å². The molecule has 25 heavy (non-hydrogen) atoms. The molecule has 1 aromatic carbocycles. The van der Waals surface area contributed by atoms with Crippen molar-refractivity contribution in [3.8, 4) is 0 Å². The van der Waals surface area contributed by atoms with Crippen molar-refractivity contribution in [1.29, 1.82) is 0 Å². The molecule has 0 saturated heterocycles. The quantitative estimate of drug-likeness (QED) is 0.421. The highest BCUT2D eigenvalue weighted by molar-refractivity contribution is 6.31. The van der Waals surface area contributed by atoms with Crippen LogP contribution in [0, 0.1) is 5.82 Å². The van der Waals surface area contributed by atoms with Gasteiger partial charge in [-0.3, -0.25) is 15.1 Å². The minimum atomic E-state index is -3.00. The van der Waals surface area contributed by atoms with Crippen LogP contribution in [0.3, 0.4) is 0 Å². The topological polar surface area (TPSA) is 62.4 Å². The summed E-state index contributed by atoms with van der Waals surface area (Å²) in [5.74, 6) is -4.30. The summed E-state index contributed by atoms with van der Waals surface area (Å²) >= 11 is 5.91. The van der Waals surface area contributed by atoms with E-state index in [1.807, 2.05) is 0 Å². The highest BCUT2D eigenvalue weighted by atomic mass is 35.5. The van der Waals surface area contributed by atoms with Crippen molar-refractivity contribution in [3.05, 3.63) is 40.8 Å². The zero-order valence-electron chi connectivity index (χ0n) is 14.0. The van der Waals surface area contributed by atoms with E-state index < -0.39 is 24.2 Å². The Labute approximate surface area is 154 Å². The first-order chi connectivity index (χ1) is 11.6. The van der Waals surface area contributed by atoms with Crippen molar-refractivity contribution in [1.82, 2.24) is 10.8 Å². The molecule has 0 saturated carbocycles.